The van der Waals surface area contributed by atoms with Gasteiger partial charge in [-0.1, -0.05) is 30.3 Å². The molecule has 1 aliphatic rings. The van der Waals surface area contributed by atoms with Crippen LogP contribution in [0.25, 0.3) is 0 Å². The molecular weight excluding hydrogens is 250 g/mol. The first-order valence-electron chi connectivity index (χ1n) is 6.67. The molecule has 3 rings (SSSR count). The van der Waals surface area contributed by atoms with Crippen LogP contribution in [0.3, 0.4) is 0 Å². The summed E-state index contributed by atoms with van der Waals surface area (Å²) in [5.74, 6) is 0.823. The molecule has 3 heteroatoms. The molecule has 20 heavy (non-hydrogen) atoms. The minimum absolute atomic E-state index is 0.0459. The maximum Gasteiger partial charge on any atom is 0.235 e. The normalized spacial score (nSPS) is 20.4. The minimum Gasteiger partial charge on any atom is -0.497 e. The molecule has 3 nitrogen and oxygen atoms in total. The van der Waals surface area contributed by atoms with Crippen LogP contribution in [0.2, 0.25) is 0 Å². The van der Waals surface area contributed by atoms with Crippen molar-refractivity contribution in [3.8, 4) is 5.75 Å². The zero-order valence-corrected chi connectivity index (χ0v) is 11.6. The lowest BCUT2D eigenvalue weighted by molar-refractivity contribution is -0.120. The van der Waals surface area contributed by atoms with Crippen molar-refractivity contribution >= 4 is 11.6 Å². The molecule has 2 aromatic rings. The smallest absolute Gasteiger partial charge is 0.235 e. The average molecular weight is 267 g/mol. The molecule has 1 N–H and O–H groups in total. The Hall–Kier alpha value is -2.29. The van der Waals surface area contributed by atoms with E-state index in [2.05, 4.69) is 17.4 Å². The molecule has 0 radical (unpaired) electrons. The highest BCUT2D eigenvalue weighted by atomic mass is 16.5. The summed E-state index contributed by atoms with van der Waals surface area (Å²) in [5, 5.41) is 2.97. The van der Waals surface area contributed by atoms with Crippen molar-refractivity contribution in [1.82, 2.24) is 0 Å². The van der Waals surface area contributed by atoms with Crippen molar-refractivity contribution in [1.29, 1.82) is 0 Å². The summed E-state index contributed by atoms with van der Waals surface area (Å²) < 4.78 is 5.28. The molecule has 0 saturated carbocycles. The van der Waals surface area contributed by atoms with Gasteiger partial charge in [-0.05, 0) is 42.7 Å². The second-order valence-electron chi connectivity index (χ2n) is 5.36. The Bertz CT molecular complexity index is 651. The molecule has 0 fully saturated rings. The molecule has 2 aromatic carbocycles. The van der Waals surface area contributed by atoms with Crippen LogP contribution in [0.5, 0.6) is 5.75 Å². The predicted octanol–water partition coefficient (Wildman–Crippen LogP) is 3.15. The quantitative estimate of drug-likeness (QED) is 0.927. The topological polar surface area (TPSA) is 38.3 Å². The van der Waals surface area contributed by atoms with Gasteiger partial charge in [-0.25, -0.2) is 0 Å². The van der Waals surface area contributed by atoms with Gasteiger partial charge in [0.1, 0.15) is 5.75 Å². The van der Waals surface area contributed by atoms with Crippen LogP contribution >= 0.6 is 0 Å². The number of amides is 1. The molecule has 1 amide bonds. The summed E-state index contributed by atoms with van der Waals surface area (Å²) in [7, 11) is 1.64. The highest BCUT2D eigenvalue weighted by Crippen LogP contribution is 2.41. The standard InChI is InChI=1S/C17H17NO2/c1-17(11-12-6-4-3-5-7-12)14-10-13(20-2)8-9-15(14)18-16(17)19/h3-10H,11H2,1-2H3,(H,18,19). The summed E-state index contributed by atoms with van der Waals surface area (Å²) in [4.78, 5) is 12.4. The van der Waals surface area contributed by atoms with Gasteiger partial charge in [0, 0.05) is 5.69 Å². The maximum absolute atomic E-state index is 12.4. The van der Waals surface area contributed by atoms with Gasteiger partial charge < -0.3 is 10.1 Å². The van der Waals surface area contributed by atoms with E-state index in [-0.39, 0.29) is 5.91 Å². The molecule has 102 valence electrons. The molecule has 0 bridgehead atoms. The Balaban J connectivity index is 2.03. The van der Waals surface area contributed by atoms with Crippen LogP contribution in [0, 0.1) is 0 Å². The van der Waals surface area contributed by atoms with Gasteiger partial charge in [-0.3, -0.25) is 4.79 Å². The number of rotatable bonds is 3. The van der Waals surface area contributed by atoms with E-state index in [9.17, 15) is 4.79 Å². The van der Waals surface area contributed by atoms with Crippen LogP contribution in [-0.2, 0) is 16.6 Å². The first-order chi connectivity index (χ1) is 9.63. The molecule has 0 spiro atoms. The Morgan fingerprint density at radius 2 is 1.90 bits per heavy atom. The number of carbonyl (C=O) groups is 1. The Morgan fingerprint density at radius 1 is 1.15 bits per heavy atom. The van der Waals surface area contributed by atoms with Crippen molar-refractivity contribution in [3.63, 3.8) is 0 Å². The van der Waals surface area contributed by atoms with Crippen LogP contribution in [-0.4, -0.2) is 13.0 Å². The number of nitrogens with one attached hydrogen (secondary N) is 1. The number of anilines is 1. The largest absolute Gasteiger partial charge is 0.497 e. The average Bonchev–Trinajstić information content (AvgIpc) is 2.71. The zero-order valence-electron chi connectivity index (χ0n) is 11.6. The lowest BCUT2D eigenvalue weighted by Crippen LogP contribution is -2.33. The van der Waals surface area contributed by atoms with Crippen LogP contribution in [0.15, 0.2) is 48.5 Å². The Labute approximate surface area is 118 Å². The van der Waals surface area contributed by atoms with Gasteiger partial charge in [0.05, 0.1) is 12.5 Å². The second kappa shape index (κ2) is 4.67. The number of hydrogen-bond acceptors (Lipinski definition) is 2. The van der Waals surface area contributed by atoms with E-state index in [1.807, 2.05) is 43.3 Å². The first kappa shape index (κ1) is 12.7. The third-order valence-corrected chi connectivity index (χ3v) is 3.97. The van der Waals surface area contributed by atoms with Gasteiger partial charge >= 0.3 is 0 Å². The fraction of sp³-hybridized carbons (Fsp3) is 0.235. The van der Waals surface area contributed by atoms with Crippen molar-refractivity contribution < 1.29 is 9.53 Å². The molecule has 0 aromatic heterocycles. The summed E-state index contributed by atoms with van der Waals surface area (Å²) in [5.41, 5.74) is 2.49. The molecule has 1 atom stereocenters. The molecule has 1 aliphatic heterocycles. The highest BCUT2D eigenvalue weighted by Gasteiger charge is 2.42. The summed E-state index contributed by atoms with van der Waals surface area (Å²) in [6.07, 6.45) is 0.680. The fourth-order valence-corrected chi connectivity index (χ4v) is 2.78. The highest BCUT2D eigenvalue weighted by molar-refractivity contribution is 6.06. The monoisotopic (exact) mass is 267 g/mol. The van der Waals surface area contributed by atoms with E-state index in [1.54, 1.807) is 7.11 Å². The summed E-state index contributed by atoms with van der Waals surface area (Å²) >= 11 is 0. The number of benzene rings is 2. The maximum atomic E-state index is 12.4. The SMILES string of the molecule is COc1ccc2c(c1)C(C)(Cc1ccccc1)C(=O)N2. The van der Waals surface area contributed by atoms with Crippen LogP contribution < -0.4 is 10.1 Å². The summed E-state index contributed by atoms with van der Waals surface area (Å²) in [6.45, 7) is 1.99. The zero-order chi connectivity index (χ0) is 14.2. The van der Waals surface area contributed by atoms with E-state index in [0.29, 0.717) is 6.42 Å². The molecule has 0 aliphatic carbocycles. The van der Waals surface area contributed by atoms with Gasteiger partial charge in [-0.2, -0.15) is 0 Å². The number of carbonyl (C=O) groups excluding carboxylic acids is 1. The lowest BCUT2D eigenvalue weighted by atomic mass is 9.78. The molecular formula is C17H17NO2. The lowest BCUT2D eigenvalue weighted by Gasteiger charge is -2.22. The van der Waals surface area contributed by atoms with Crippen molar-refractivity contribution in [2.24, 2.45) is 0 Å². The van der Waals surface area contributed by atoms with Crippen molar-refractivity contribution in [2.75, 3.05) is 12.4 Å². The van der Waals surface area contributed by atoms with E-state index >= 15 is 0 Å². The van der Waals surface area contributed by atoms with Crippen LogP contribution in [0.1, 0.15) is 18.1 Å². The van der Waals surface area contributed by atoms with Gasteiger partial charge in [0.15, 0.2) is 0 Å². The first-order valence-corrected chi connectivity index (χ1v) is 6.67. The van der Waals surface area contributed by atoms with E-state index in [1.165, 1.54) is 0 Å². The number of methoxy groups -OCH3 is 1. The van der Waals surface area contributed by atoms with Gasteiger partial charge in [-0.15, -0.1) is 0 Å². The minimum atomic E-state index is -0.550. The third-order valence-electron chi connectivity index (χ3n) is 3.97. The fourth-order valence-electron chi connectivity index (χ4n) is 2.78. The number of hydrogen-bond donors (Lipinski definition) is 1. The van der Waals surface area contributed by atoms with Crippen molar-refractivity contribution in [3.05, 3.63) is 59.7 Å². The number of fused-ring (bicyclic) bond motifs is 1. The second-order valence-corrected chi connectivity index (χ2v) is 5.36. The van der Waals surface area contributed by atoms with Crippen LogP contribution in [0.4, 0.5) is 5.69 Å². The van der Waals surface area contributed by atoms with E-state index in [0.717, 1.165) is 22.6 Å². The van der Waals surface area contributed by atoms with E-state index < -0.39 is 5.41 Å². The predicted molar refractivity (Wildman–Crippen MR) is 79.1 cm³/mol. The van der Waals surface area contributed by atoms with Gasteiger partial charge in [0.25, 0.3) is 0 Å². The summed E-state index contributed by atoms with van der Waals surface area (Å²) in [6, 6.07) is 15.8. The van der Waals surface area contributed by atoms with Crippen molar-refractivity contribution in [2.45, 2.75) is 18.8 Å². The molecule has 1 heterocycles. The Kier molecular flexibility index (Phi) is 2.97. The molecule has 1 unspecified atom stereocenters. The Morgan fingerprint density at radius 3 is 2.60 bits per heavy atom. The third kappa shape index (κ3) is 1.95. The van der Waals surface area contributed by atoms with Gasteiger partial charge in [0.2, 0.25) is 5.91 Å². The molecule has 0 saturated heterocycles. The van der Waals surface area contributed by atoms with E-state index in [4.69, 9.17) is 4.74 Å². The number of ether oxygens (including phenoxy) is 1.